The van der Waals surface area contributed by atoms with Gasteiger partial charge in [-0.2, -0.15) is 0 Å². The van der Waals surface area contributed by atoms with Crippen molar-refractivity contribution in [2.75, 3.05) is 13.7 Å². The Bertz CT molecular complexity index is 454. The number of aromatic nitrogens is 1. The topological polar surface area (TPSA) is 88.6 Å². The van der Waals surface area contributed by atoms with E-state index in [1.54, 1.807) is 13.2 Å². The average Bonchev–Trinajstić information content (AvgIpc) is 2.62. The van der Waals surface area contributed by atoms with Gasteiger partial charge >= 0.3 is 0 Å². The molecule has 0 spiro atoms. The van der Waals surface area contributed by atoms with Gasteiger partial charge in [0.1, 0.15) is 11.9 Å². The number of hydrogen-bond donors (Lipinski definition) is 3. The van der Waals surface area contributed by atoms with Crippen LogP contribution in [0.5, 0.6) is 5.75 Å². The first-order valence-electron chi connectivity index (χ1n) is 9.21. The minimum absolute atomic E-state index is 0.284. The Balaban J connectivity index is 2.46. The van der Waals surface area contributed by atoms with Gasteiger partial charge in [-0.05, 0) is 12.8 Å². The fourth-order valence-corrected chi connectivity index (χ4v) is 2.74. The molecular formula is C19H34N2O3. The Morgan fingerprint density at radius 3 is 2.29 bits per heavy atom. The van der Waals surface area contributed by atoms with Crippen molar-refractivity contribution in [3.8, 4) is 5.75 Å². The summed E-state index contributed by atoms with van der Waals surface area (Å²) in [4.78, 5) is 4.49. The van der Waals surface area contributed by atoms with Gasteiger partial charge in [-0.1, -0.05) is 51.9 Å². The monoisotopic (exact) mass is 338 g/mol. The molecule has 1 aromatic heterocycles. The van der Waals surface area contributed by atoms with E-state index >= 15 is 0 Å². The lowest BCUT2D eigenvalue weighted by Crippen LogP contribution is -2.32. The molecule has 0 saturated heterocycles. The minimum atomic E-state index is -0.984. The smallest absolute Gasteiger partial charge is 0.122 e. The number of ether oxygens (including phenoxy) is 1. The van der Waals surface area contributed by atoms with Gasteiger partial charge in [-0.3, -0.25) is 4.98 Å². The molecule has 0 aliphatic heterocycles. The standard InChI is InChI=1S/C19H34N2O3/c1-3-4-5-6-7-8-9-10-11-15-12-16(24-2)13-18(21-15)19(23)17(20)14-22/h12-13,17,19,22-23H,3-11,14,20H2,1-2H3. The normalized spacial score (nSPS) is 13.7. The van der Waals surface area contributed by atoms with Crippen LogP contribution in [0.2, 0.25) is 0 Å². The summed E-state index contributed by atoms with van der Waals surface area (Å²) in [5, 5.41) is 19.2. The van der Waals surface area contributed by atoms with Gasteiger partial charge in [0.05, 0.1) is 25.5 Å². The van der Waals surface area contributed by atoms with Crippen LogP contribution in [0.25, 0.3) is 0 Å². The molecule has 1 heterocycles. The van der Waals surface area contributed by atoms with Crippen LogP contribution in [0, 0.1) is 0 Å². The van der Waals surface area contributed by atoms with Gasteiger partial charge in [-0.25, -0.2) is 0 Å². The molecule has 24 heavy (non-hydrogen) atoms. The molecule has 0 aromatic carbocycles. The molecule has 5 heteroatoms. The van der Waals surface area contributed by atoms with Crippen LogP contribution in [0.4, 0.5) is 0 Å². The quantitative estimate of drug-likeness (QED) is 0.481. The minimum Gasteiger partial charge on any atom is -0.497 e. The number of unbranched alkanes of at least 4 members (excludes halogenated alkanes) is 7. The number of aliphatic hydroxyl groups is 2. The lowest BCUT2D eigenvalue weighted by Gasteiger charge is -2.17. The van der Waals surface area contributed by atoms with Crippen LogP contribution in [0.1, 0.15) is 75.8 Å². The maximum atomic E-state index is 10.1. The number of hydrogen-bond acceptors (Lipinski definition) is 5. The van der Waals surface area contributed by atoms with Gasteiger partial charge in [0.15, 0.2) is 0 Å². The number of nitrogens with two attached hydrogens (primary N) is 1. The average molecular weight is 338 g/mol. The van der Waals surface area contributed by atoms with Crippen LogP contribution in [0.3, 0.4) is 0 Å². The highest BCUT2D eigenvalue weighted by atomic mass is 16.5. The number of methoxy groups -OCH3 is 1. The van der Waals surface area contributed by atoms with Crippen molar-refractivity contribution in [2.45, 2.75) is 76.9 Å². The Morgan fingerprint density at radius 2 is 1.71 bits per heavy atom. The van der Waals surface area contributed by atoms with Crippen LogP contribution in [-0.2, 0) is 6.42 Å². The van der Waals surface area contributed by atoms with Crippen molar-refractivity contribution in [3.63, 3.8) is 0 Å². The second-order valence-corrected chi connectivity index (χ2v) is 6.44. The molecule has 138 valence electrons. The number of pyridine rings is 1. The summed E-state index contributed by atoms with van der Waals surface area (Å²) in [5.74, 6) is 0.666. The molecule has 0 aliphatic rings. The van der Waals surface area contributed by atoms with E-state index in [4.69, 9.17) is 15.6 Å². The van der Waals surface area contributed by atoms with E-state index in [1.807, 2.05) is 6.07 Å². The summed E-state index contributed by atoms with van der Waals surface area (Å²) in [6.07, 6.45) is 10.0. The van der Waals surface area contributed by atoms with Crippen molar-refractivity contribution in [1.82, 2.24) is 4.98 Å². The van der Waals surface area contributed by atoms with Gasteiger partial charge in [0.25, 0.3) is 0 Å². The van der Waals surface area contributed by atoms with Crippen molar-refractivity contribution >= 4 is 0 Å². The maximum Gasteiger partial charge on any atom is 0.122 e. The summed E-state index contributed by atoms with van der Waals surface area (Å²) >= 11 is 0. The zero-order valence-corrected chi connectivity index (χ0v) is 15.2. The van der Waals surface area contributed by atoms with E-state index in [9.17, 15) is 5.11 Å². The molecule has 4 N–H and O–H groups in total. The van der Waals surface area contributed by atoms with Gasteiger partial charge < -0.3 is 20.7 Å². The summed E-state index contributed by atoms with van der Waals surface area (Å²) in [6, 6.07) is 2.85. The molecule has 0 fully saturated rings. The fraction of sp³-hybridized carbons (Fsp3) is 0.737. The Labute approximate surface area is 146 Å². The van der Waals surface area contributed by atoms with Crippen LogP contribution in [0.15, 0.2) is 12.1 Å². The molecule has 0 aliphatic carbocycles. The Kier molecular flexibility index (Phi) is 10.6. The maximum absolute atomic E-state index is 10.1. The number of nitrogens with zero attached hydrogens (tertiary/aromatic N) is 1. The largest absolute Gasteiger partial charge is 0.497 e. The molecular weight excluding hydrogens is 304 g/mol. The summed E-state index contributed by atoms with van der Waals surface area (Å²) in [7, 11) is 1.59. The SMILES string of the molecule is CCCCCCCCCCc1cc(OC)cc(C(O)C(N)CO)n1. The molecule has 1 aromatic rings. The molecule has 1 rings (SSSR count). The molecule has 0 radical (unpaired) electrons. The fourth-order valence-electron chi connectivity index (χ4n) is 2.74. The van der Waals surface area contributed by atoms with E-state index in [1.165, 1.54) is 44.9 Å². The van der Waals surface area contributed by atoms with Crippen molar-refractivity contribution in [1.29, 1.82) is 0 Å². The molecule has 0 bridgehead atoms. The van der Waals surface area contributed by atoms with Crippen LogP contribution >= 0.6 is 0 Å². The Morgan fingerprint density at radius 1 is 1.08 bits per heavy atom. The molecule has 2 unspecified atom stereocenters. The summed E-state index contributed by atoms with van der Waals surface area (Å²) in [6.45, 7) is 1.95. The third-order valence-electron chi connectivity index (χ3n) is 4.31. The van der Waals surface area contributed by atoms with Crippen molar-refractivity contribution in [3.05, 3.63) is 23.5 Å². The first-order valence-corrected chi connectivity index (χ1v) is 9.21. The third kappa shape index (κ3) is 7.60. The lowest BCUT2D eigenvalue weighted by atomic mass is 10.0. The van der Waals surface area contributed by atoms with E-state index in [2.05, 4.69) is 11.9 Å². The molecule has 5 nitrogen and oxygen atoms in total. The predicted octanol–water partition coefficient (Wildman–Crippen LogP) is 3.13. The first-order chi connectivity index (χ1) is 11.6. The van der Waals surface area contributed by atoms with E-state index in [0.29, 0.717) is 11.4 Å². The number of aliphatic hydroxyl groups excluding tert-OH is 2. The van der Waals surface area contributed by atoms with E-state index in [0.717, 1.165) is 18.5 Å². The van der Waals surface area contributed by atoms with Crippen molar-refractivity contribution < 1.29 is 14.9 Å². The molecule has 2 atom stereocenters. The second kappa shape index (κ2) is 12.2. The lowest BCUT2D eigenvalue weighted by molar-refractivity contribution is 0.105. The van der Waals surface area contributed by atoms with Crippen LogP contribution < -0.4 is 10.5 Å². The predicted molar refractivity (Wildman–Crippen MR) is 97.1 cm³/mol. The molecule has 0 saturated carbocycles. The molecule has 0 amide bonds. The Hall–Kier alpha value is -1.17. The van der Waals surface area contributed by atoms with E-state index in [-0.39, 0.29) is 6.61 Å². The number of rotatable bonds is 13. The highest BCUT2D eigenvalue weighted by Gasteiger charge is 2.19. The third-order valence-corrected chi connectivity index (χ3v) is 4.31. The summed E-state index contributed by atoms with van der Waals surface area (Å²) in [5.41, 5.74) is 7.06. The highest BCUT2D eigenvalue weighted by Crippen LogP contribution is 2.22. The summed E-state index contributed by atoms with van der Waals surface area (Å²) < 4.78 is 5.29. The van der Waals surface area contributed by atoms with E-state index < -0.39 is 12.1 Å². The van der Waals surface area contributed by atoms with Gasteiger partial charge in [-0.15, -0.1) is 0 Å². The zero-order valence-electron chi connectivity index (χ0n) is 15.2. The van der Waals surface area contributed by atoms with Crippen LogP contribution in [-0.4, -0.2) is 35.0 Å². The number of aryl methyl sites for hydroxylation is 1. The van der Waals surface area contributed by atoms with Gasteiger partial charge in [0, 0.05) is 17.8 Å². The second-order valence-electron chi connectivity index (χ2n) is 6.44. The zero-order chi connectivity index (χ0) is 17.8. The van der Waals surface area contributed by atoms with Crippen molar-refractivity contribution in [2.24, 2.45) is 5.73 Å². The van der Waals surface area contributed by atoms with Gasteiger partial charge in [0.2, 0.25) is 0 Å². The first kappa shape index (κ1) is 20.9. The highest BCUT2D eigenvalue weighted by molar-refractivity contribution is 5.29.